The van der Waals surface area contributed by atoms with E-state index in [-0.39, 0.29) is 5.54 Å². The minimum Gasteiger partial charge on any atom is -0.465 e. The van der Waals surface area contributed by atoms with E-state index in [9.17, 15) is 4.79 Å². The molecule has 0 aliphatic heterocycles. The zero-order valence-electron chi connectivity index (χ0n) is 10.1. The van der Waals surface area contributed by atoms with Crippen LogP contribution in [0.4, 0.5) is 4.79 Å². The molecule has 0 aromatic rings. The molecule has 0 aromatic heterocycles. The molecule has 1 aliphatic rings. The number of hydrogen-bond acceptors (Lipinski definition) is 1. The van der Waals surface area contributed by atoms with Crippen molar-refractivity contribution in [3.63, 3.8) is 0 Å². The van der Waals surface area contributed by atoms with Gasteiger partial charge in [0, 0.05) is 12.6 Å². The van der Waals surface area contributed by atoms with Gasteiger partial charge in [-0.15, -0.1) is 0 Å². The SMILES string of the molecule is CC1=CCC(C(C)(C)N(C)C(=O)O)CC1. The van der Waals surface area contributed by atoms with Crippen LogP contribution in [0.3, 0.4) is 0 Å². The van der Waals surface area contributed by atoms with E-state index < -0.39 is 6.09 Å². The molecular formula is C12H21NO2. The molecule has 0 saturated carbocycles. The maximum absolute atomic E-state index is 11.0. The highest BCUT2D eigenvalue weighted by molar-refractivity contribution is 5.65. The summed E-state index contributed by atoms with van der Waals surface area (Å²) < 4.78 is 0. The molecule has 1 rings (SSSR count). The van der Waals surface area contributed by atoms with E-state index in [4.69, 9.17) is 5.11 Å². The standard InChI is InChI=1S/C12H21NO2/c1-9-5-7-10(8-6-9)12(2,3)13(4)11(14)15/h5,10H,6-8H2,1-4H3,(H,14,15). The Labute approximate surface area is 91.8 Å². The zero-order valence-corrected chi connectivity index (χ0v) is 10.1. The molecule has 1 amide bonds. The van der Waals surface area contributed by atoms with E-state index in [2.05, 4.69) is 13.0 Å². The predicted octanol–water partition coefficient (Wildman–Crippen LogP) is 3.12. The highest BCUT2D eigenvalue weighted by Gasteiger charge is 2.36. The van der Waals surface area contributed by atoms with Crippen LogP contribution in [0.5, 0.6) is 0 Å². The molecule has 0 heterocycles. The second kappa shape index (κ2) is 4.25. The predicted molar refractivity (Wildman–Crippen MR) is 61.0 cm³/mol. The third-order valence-electron chi connectivity index (χ3n) is 3.79. The van der Waals surface area contributed by atoms with Crippen molar-refractivity contribution in [2.45, 2.75) is 45.6 Å². The Bertz CT molecular complexity index is 281. The Hall–Kier alpha value is -0.990. The lowest BCUT2D eigenvalue weighted by atomic mass is 9.77. The second-order valence-electron chi connectivity index (χ2n) is 5.02. The van der Waals surface area contributed by atoms with Crippen molar-refractivity contribution in [3.8, 4) is 0 Å². The third kappa shape index (κ3) is 2.52. The summed E-state index contributed by atoms with van der Waals surface area (Å²) in [4.78, 5) is 12.4. The van der Waals surface area contributed by atoms with Crippen LogP contribution >= 0.6 is 0 Å². The first-order valence-corrected chi connectivity index (χ1v) is 5.48. The fourth-order valence-corrected chi connectivity index (χ4v) is 2.13. The van der Waals surface area contributed by atoms with Crippen LogP contribution in [0.15, 0.2) is 11.6 Å². The number of hydrogen-bond donors (Lipinski definition) is 1. The molecule has 15 heavy (non-hydrogen) atoms. The molecule has 0 aromatic carbocycles. The Morgan fingerprint density at radius 2 is 2.20 bits per heavy atom. The molecule has 86 valence electrons. The van der Waals surface area contributed by atoms with Gasteiger partial charge in [0.25, 0.3) is 0 Å². The largest absolute Gasteiger partial charge is 0.465 e. The molecule has 0 saturated heterocycles. The number of carboxylic acid groups (broad SMARTS) is 1. The Morgan fingerprint density at radius 3 is 2.60 bits per heavy atom. The number of rotatable bonds is 2. The van der Waals surface area contributed by atoms with Crippen LogP contribution in [0.1, 0.15) is 40.0 Å². The summed E-state index contributed by atoms with van der Waals surface area (Å²) in [6.07, 6.45) is 4.59. The van der Waals surface area contributed by atoms with Gasteiger partial charge in [0.05, 0.1) is 0 Å². The second-order valence-corrected chi connectivity index (χ2v) is 5.02. The molecule has 0 radical (unpaired) electrons. The van der Waals surface area contributed by atoms with Crippen LogP contribution in [-0.2, 0) is 0 Å². The van der Waals surface area contributed by atoms with Crippen molar-refractivity contribution in [1.82, 2.24) is 4.90 Å². The van der Waals surface area contributed by atoms with Gasteiger partial charge in [0.15, 0.2) is 0 Å². The van der Waals surface area contributed by atoms with E-state index in [1.165, 1.54) is 10.5 Å². The van der Waals surface area contributed by atoms with Gasteiger partial charge in [-0.25, -0.2) is 4.79 Å². The fourth-order valence-electron chi connectivity index (χ4n) is 2.13. The summed E-state index contributed by atoms with van der Waals surface area (Å²) in [7, 11) is 1.66. The highest BCUT2D eigenvalue weighted by atomic mass is 16.4. The minimum absolute atomic E-state index is 0.275. The Morgan fingerprint density at radius 1 is 1.60 bits per heavy atom. The van der Waals surface area contributed by atoms with Crippen LogP contribution in [0.2, 0.25) is 0 Å². The van der Waals surface area contributed by atoms with E-state index >= 15 is 0 Å². The van der Waals surface area contributed by atoms with Crippen LogP contribution in [0.25, 0.3) is 0 Å². The van der Waals surface area contributed by atoms with Gasteiger partial charge in [-0.3, -0.25) is 0 Å². The zero-order chi connectivity index (χ0) is 11.6. The molecule has 3 nitrogen and oxygen atoms in total. The van der Waals surface area contributed by atoms with Crippen LogP contribution < -0.4 is 0 Å². The molecule has 3 heteroatoms. The molecule has 0 bridgehead atoms. The van der Waals surface area contributed by atoms with Gasteiger partial charge >= 0.3 is 6.09 Å². The molecule has 1 unspecified atom stereocenters. The normalized spacial score (nSPS) is 22.1. The van der Waals surface area contributed by atoms with E-state index in [1.54, 1.807) is 7.05 Å². The van der Waals surface area contributed by atoms with E-state index in [0.29, 0.717) is 5.92 Å². The molecule has 1 atom stereocenters. The average molecular weight is 211 g/mol. The van der Waals surface area contributed by atoms with E-state index in [1.807, 2.05) is 13.8 Å². The summed E-state index contributed by atoms with van der Waals surface area (Å²) in [5, 5.41) is 9.01. The van der Waals surface area contributed by atoms with Crippen molar-refractivity contribution in [2.75, 3.05) is 7.05 Å². The molecular weight excluding hydrogens is 190 g/mol. The average Bonchev–Trinajstić information content (AvgIpc) is 2.17. The number of nitrogens with zero attached hydrogens (tertiary/aromatic N) is 1. The Balaban J connectivity index is 2.74. The lowest BCUT2D eigenvalue weighted by Gasteiger charge is -2.41. The lowest BCUT2D eigenvalue weighted by molar-refractivity contribution is 0.0722. The third-order valence-corrected chi connectivity index (χ3v) is 3.79. The molecule has 1 aliphatic carbocycles. The maximum atomic E-state index is 11.0. The topological polar surface area (TPSA) is 40.5 Å². The van der Waals surface area contributed by atoms with Gasteiger partial charge in [0.1, 0.15) is 0 Å². The summed E-state index contributed by atoms with van der Waals surface area (Å²) in [5.41, 5.74) is 1.16. The lowest BCUT2D eigenvalue weighted by Crippen LogP contribution is -2.50. The Kier molecular flexibility index (Phi) is 3.42. The summed E-state index contributed by atoms with van der Waals surface area (Å²) in [5.74, 6) is 0.433. The van der Waals surface area contributed by atoms with Gasteiger partial charge in [-0.1, -0.05) is 11.6 Å². The van der Waals surface area contributed by atoms with Crippen LogP contribution in [0, 0.1) is 5.92 Å². The fraction of sp³-hybridized carbons (Fsp3) is 0.750. The smallest absolute Gasteiger partial charge is 0.407 e. The van der Waals surface area contributed by atoms with Gasteiger partial charge < -0.3 is 10.0 Å². The highest BCUT2D eigenvalue weighted by Crippen LogP contribution is 2.34. The molecule has 1 N–H and O–H groups in total. The minimum atomic E-state index is -0.841. The quantitative estimate of drug-likeness (QED) is 0.713. The van der Waals surface area contributed by atoms with Crippen molar-refractivity contribution in [3.05, 3.63) is 11.6 Å². The van der Waals surface area contributed by atoms with Gasteiger partial charge in [0.2, 0.25) is 0 Å². The van der Waals surface area contributed by atoms with Crippen LogP contribution in [-0.4, -0.2) is 28.7 Å². The molecule has 0 spiro atoms. The first-order chi connectivity index (χ1) is 6.85. The first-order valence-electron chi connectivity index (χ1n) is 5.48. The molecule has 0 fully saturated rings. The monoisotopic (exact) mass is 211 g/mol. The summed E-state index contributed by atoms with van der Waals surface area (Å²) in [6.45, 7) is 6.17. The van der Waals surface area contributed by atoms with Crippen molar-refractivity contribution >= 4 is 6.09 Å². The van der Waals surface area contributed by atoms with Crippen molar-refractivity contribution in [2.24, 2.45) is 5.92 Å². The van der Waals surface area contributed by atoms with Crippen molar-refractivity contribution in [1.29, 1.82) is 0 Å². The summed E-state index contributed by atoms with van der Waals surface area (Å²) >= 11 is 0. The van der Waals surface area contributed by atoms with Gasteiger partial charge in [-0.05, 0) is 46.0 Å². The number of amides is 1. The van der Waals surface area contributed by atoms with Crippen molar-refractivity contribution < 1.29 is 9.90 Å². The number of allylic oxidation sites excluding steroid dienone is 2. The van der Waals surface area contributed by atoms with E-state index in [0.717, 1.165) is 19.3 Å². The maximum Gasteiger partial charge on any atom is 0.407 e. The summed E-state index contributed by atoms with van der Waals surface area (Å²) in [6, 6.07) is 0. The first kappa shape index (κ1) is 12.1. The van der Waals surface area contributed by atoms with Gasteiger partial charge in [-0.2, -0.15) is 0 Å². The number of carbonyl (C=O) groups is 1.